The second-order valence-corrected chi connectivity index (χ2v) is 15.8. The summed E-state index contributed by atoms with van der Waals surface area (Å²) < 4.78 is 41.8. The van der Waals surface area contributed by atoms with Crippen LogP contribution in [0.4, 0.5) is 10.2 Å². The number of carbonyl (C=O) groups is 1. The van der Waals surface area contributed by atoms with E-state index in [0.717, 1.165) is 10.8 Å². The van der Waals surface area contributed by atoms with Crippen LogP contribution in [0.25, 0.3) is 21.9 Å². The van der Waals surface area contributed by atoms with Crippen molar-refractivity contribution in [3.63, 3.8) is 0 Å². The van der Waals surface area contributed by atoms with E-state index in [9.17, 15) is 9.90 Å². The number of rotatable bonds is 11. The van der Waals surface area contributed by atoms with E-state index in [4.69, 9.17) is 30.3 Å². The van der Waals surface area contributed by atoms with Gasteiger partial charge in [0.15, 0.2) is 28.9 Å². The van der Waals surface area contributed by atoms with Crippen molar-refractivity contribution in [2.45, 2.75) is 71.7 Å². The van der Waals surface area contributed by atoms with Gasteiger partial charge in [0.05, 0.1) is 19.5 Å². The van der Waals surface area contributed by atoms with Gasteiger partial charge in [-0.15, -0.1) is 0 Å². The minimum Gasteiger partial charge on any atom is -0.464 e. The number of anilines is 1. The number of hydrogen-bond donors (Lipinski definition) is 3. The first-order chi connectivity index (χ1) is 21.6. The van der Waals surface area contributed by atoms with Crippen LogP contribution in [0, 0.1) is 12.3 Å². The lowest BCUT2D eigenvalue weighted by molar-refractivity contribution is -0.148. The van der Waals surface area contributed by atoms with E-state index in [0.29, 0.717) is 28.6 Å². The van der Waals surface area contributed by atoms with Crippen LogP contribution in [0.1, 0.15) is 46.7 Å². The Hall–Kier alpha value is -3.26. The van der Waals surface area contributed by atoms with Crippen molar-refractivity contribution >= 4 is 52.2 Å². The van der Waals surface area contributed by atoms with Crippen LogP contribution in [-0.2, 0) is 30.6 Å². The van der Waals surface area contributed by atoms with Gasteiger partial charge >= 0.3 is 12.6 Å². The molecule has 1 aliphatic heterocycles. The van der Waals surface area contributed by atoms with Crippen LogP contribution in [-0.4, -0.2) is 74.8 Å². The maximum absolute atomic E-state index is 16.3. The van der Waals surface area contributed by atoms with Crippen LogP contribution in [0.15, 0.2) is 48.8 Å². The summed E-state index contributed by atoms with van der Waals surface area (Å²) in [4.78, 5) is 26.1. The van der Waals surface area contributed by atoms with Gasteiger partial charge in [-0.3, -0.25) is 9.36 Å². The zero-order valence-electron chi connectivity index (χ0n) is 26.9. The van der Waals surface area contributed by atoms with Crippen LogP contribution >= 0.6 is 6.64 Å². The fourth-order valence-electron chi connectivity index (χ4n) is 5.09. The lowest BCUT2D eigenvalue weighted by Crippen LogP contribution is -2.41. The Morgan fingerprint density at radius 2 is 1.96 bits per heavy atom. The highest BCUT2D eigenvalue weighted by atomic mass is 32.5. The SMILES string of the molecule is CNc1nc(C)nc2c1ncn2[C@@H]1O[C@H](CO[P@](=S)(N[C@H](C)C(=O)OCC(C)(C)C)Oc2cccc3ccccc23)[C@@H](O)[C@@]1(C)F. The number of imidazole rings is 1. The molecule has 3 N–H and O–H groups in total. The number of fused-ring (bicyclic) bond motifs is 2. The van der Waals surface area contributed by atoms with Gasteiger partial charge in [0.2, 0.25) is 0 Å². The number of alkyl halides is 1. The maximum atomic E-state index is 16.3. The quantitative estimate of drug-likeness (QED) is 0.142. The predicted octanol–water partition coefficient (Wildman–Crippen LogP) is 5.20. The van der Waals surface area contributed by atoms with Gasteiger partial charge in [0, 0.05) is 12.4 Å². The predicted molar refractivity (Wildman–Crippen MR) is 177 cm³/mol. The van der Waals surface area contributed by atoms with E-state index >= 15 is 4.39 Å². The second-order valence-electron chi connectivity index (χ2n) is 12.7. The number of carbonyl (C=O) groups excluding carboxylic acids is 1. The number of hydrogen-bond acceptors (Lipinski definition) is 11. The summed E-state index contributed by atoms with van der Waals surface area (Å²) in [5.74, 6) is 0.830. The van der Waals surface area contributed by atoms with Gasteiger partial charge in [0.1, 0.15) is 29.8 Å². The number of nitrogens with zero attached hydrogens (tertiary/aromatic N) is 4. The summed E-state index contributed by atoms with van der Waals surface area (Å²) in [6.45, 7) is 6.71. The zero-order chi connectivity index (χ0) is 33.4. The molecule has 3 heterocycles. The van der Waals surface area contributed by atoms with Crippen LogP contribution in [0.3, 0.4) is 0 Å². The molecule has 1 fully saturated rings. The third kappa shape index (κ3) is 7.17. The minimum absolute atomic E-state index is 0.202. The Kier molecular flexibility index (Phi) is 9.70. The Morgan fingerprint density at radius 1 is 1.24 bits per heavy atom. The molecule has 2 aromatic carbocycles. The number of esters is 1. The molecule has 0 spiro atoms. The molecule has 0 aliphatic carbocycles. The largest absolute Gasteiger partial charge is 0.464 e. The van der Waals surface area contributed by atoms with Crippen molar-refractivity contribution in [3.05, 3.63) is 54.6 Å². The molecule has 0 bridgehead atoms. The average Bonchev–Trinajstić information content (AvgIpc) is 3.51. The number of nitrogens with one attached hydrogen (secondary N) is 2. The van der Waals surface area contributed by atoms with Gasteiger partial charge in [-0.25, -0.2) is 24.4 Å². The first-order valence-electron chi connectivity index (χ1n) is 14.9. The molecule has 12 nitrogen and oxygen atoms in total. The van der Waals surface area contributed by atoms with Gasteiger partial charge in [-0.05, 0) is 49.4 Å². The summed E-state index contributed by atoms with van der Waals surface area (Å²) in [5.41, 5.74) is -1.74. The first-order valence-corrected chi connectivity index (χ1v) is 17.5. The fraction of sp³-hybridized carbons (Fsp3) is 0.484. The lowest BCUT2D eigenvalue weighted by atomic mass is 9.98. The van der Waals surface area contributed by atoms with Gasteiger partial charge < -0.3 is 28.9 Å². The van der Waals surface area contributed by atoms with Crippen LogP contribution in [0.5, 0.6) is 5.75 Å². The molecule has 1 saturated heterocycles. The van der Waals surface area contributed by atoms with E-state index in [1.54, 1.807) is 27.0 Å². The van der Waals surface area contributed by atoms with Gasteiger partial charge in [-0.2, -0.15) is 0 Å². The Bertz CT molecular complexity index is 1780. The van der Waals surface area contributed by atoms with Crippen molar-refractivity contribution in [1.82, 2.24) is 24.6 Å². The number of halogens is 1. The molecule has 4 aromatic rings. The lowest BCUT2D eigenvalue weighted by Gasteiger charge is -2.29. The topological polar surface area (TPSA) is 142 Å². The number of aryl methyl sites for hydroxylation is 1. The molecule has 2 aromatic heterocycles. The number of aromatic nitrogens is 4. The average molecular weight is 675 g/mol. The van der Waals surface area contributed by atoms with Crippen molar-refractivity contribution in [2.24, 2.45) is 5.41 Å². The molecule has 0 saturated carbocycles. The highest BCUT2D eigenvalue weighted by Gasteiger charge is 2.56. The normalized spacial score (nSPS) is 23.7. The number of ether oxygens (including phenoxy) is 2. The van der Waals surface area contributed by atoms with E-state index in [1.165, 1.54) is 17.8 Å². The third-order valence-electron chi connectivity index (χ3n) is 7.47. The van der Waals surface area contributed by atoms with Crippen molar-refractivity contribution < 1.29 is 32.8 Å². The molecule has 0 radical (unpaired) electrons. The Labute approximate surface area is 272 Å². The summed E-state index contributed by atoms with van der Waals surface area (Å²) in [7, 11) is 1.70. The molecule has 46 heavy (non-hydrogen) atoms. The number of aliphatic hydroxyl groups excluding tert-OH is 1. The molecule has 6 atom stereocenters. The monoisotopic (exact) mass is 674 g/mol. The van der Waals surface area contributed by atoms with Crippen LogP contribution < -0.4 is 14.9 Å². The van der Waals surface area contributed by atoms with Crippen molar-refractivity contribution in [1.29, 1.82) is 0 Å². The van der Waals surface area contributed by atoms with E-state index in [-0.39, 0.29) is 18.6 Å². The van der Waals surface area contributed by atoms with Crippen molar-refractivity contribution in [2.75, 3.05) is 25.6 Å². The fourth-order valence-corrected chi connectivity index (χ4v) is 7.51. The van der Waals surface area contributed by atoms with Gasteiger partial charge in [0.25, 0.3) is 0 Å². The molecule has 0 amide bonds. The smallest absolute Gasteiger partial charge is 0.323 e. The molecule has 15 heteroatoms. The molecule has 1 aliphatic rings. The summed E-state index contributed by atoms with van der Waals surface area (Å²) >= 11 is 5.92. The first kappa shape index (κ1) is 34.1. The van der Waals surface area contributed by atoms with E-state index in [2.05, 4.69) is 25.4 Å². The molecular formula is C31H40FN6O6PS. The Balaban J connectivity index is 1.40. The molecule has 0 unspecified atom stereocenters. The van der Waals surface area contributed by atoms with Crippen LogP contribution in [0.2, 0.25) is 0 Å². The molecule has 248 valence electrons. The summed E-state index contributed by atoms with van der Waals surface area (Å²) in [5, 5.41) is 18.8. The second kappa shape index (κ2) is 13.1. The van der Waals surface area contributed by atoms with Gasteiger partial charge in [-0.1, -0.05) is 57.2 Å². The number of aliphatic hydroxyl groups is 1. The van der Waals surface area contributed by atoms with E-state index < -0.39 is 42.8 Å². The maximum Gasteiger partial charge on any atom is 0.323 e. The standard InChI is InChI=1S/C31H40FN6O6PS/c1-18(28(40)41-16-30(3,4)5)37-45(46,44-22-14-10-12-20-11-8-9-13-21(20)22)42-15-23-25(39)31(6,32)29(43-23)38-17-34-24-26(33-7)35-19(2)36-27(24)38/h8-14,17-18,23,25,29,39H,15-16H2,1-7H3,(H,37,46)(H,33,35,36)/t18-,23-,25-,29-,31-,45-/m1/s1. The minimum atomic E-state index is -3.56. The zero-order valence-corrected chi connectivity index (χ0v) is 28.6. The molecular weight excluding hydrogens is 634 g/mol. The summed E-state index contributed by atoms with van der Waals surface area (Å²) in [6, 6.07) is 12.2. The van der Waals surface area contributed by atoms with Crippen molar-refractivity contribution in [3.8, 4) is 5.75 Å². The summed E-state index contributed by atoms with van der Waals surface area (Å²) in [6.07, 6.45) is -2.67. The highest BCUT2D eigenvalue weighted by molar-refractivity contribution is 8.09. The van der Waals surface area contributed by atoms with E-state index in [1.807, 2.05) is 57.2 Å². The number of benzene rings is 2. The molecule has 5 rings (SSSR count). The third-order valence-corrected chi connectivity index (χ3v) is 9.96. The Morgan fingerprint density at radius 3 is 2.67 bits per heavy atom. The highest BCUT2D eigenvalue weighted by Crippen LogP contribution is 2.49.